The van der Waals surface area contributed by atoms with Crippen molar-refractivity contribution in [3.63, 3.8) is 0 Å². The summed E-state index contributed by atoms with van der Waals surface area (Å²) in [6, 6.07) is 12.7. The second-order valence-electron chi connectivity index (χ2n) is 7.19. The number of pyridine rings is 1. The highest BCUT2D eigenvalue weighted by Crippen LogP contribution is 2.28. The van der Waals surface area contributed by atoms with Gasteiger partial charge in [-0.2, -0.15) is 0 Å². The van der Waals surface area contributed by atoms with Crippen molar-refractivity contribution < 1.29 is 0 Å². The van der Waals surface area contributed by atoms with Gasteiger partial charge in [0.25, 0.3) is 5.56 Å². The molecule has 1 fully saturated rings. The quantitative estimate of drug-likeness (QED) is 0.610. The smallest absolute Gasteiger partial charge is 0.269 e. The summed E-state index contributed by atoms with van der Waals surface area (Å²) in [5.41, 5.74) is 3.77. The van der Waals surface area contributed by atoms with E-state index in [0.29, 0.717) is 0 Å². The molecule has 0 radical (unpaired) electrons. The van der Waals surface area contributed by atoms with E-state index in [0.717, 1.165) is 54.5 Å². The van der Waals surface area contributed by atoms with E-state index < -0.39 is 0 Å². The Morgan fingerprint density at radius 1 is 1.04 bits per heavy atom. The number of likely N-dealkylation sites (tertiary alicyclic amines) is 1. The summed E-state index contributed by atoms with van der Waals surface area (Å²) in [6.07, 6.45) is 6.95. The van der Waals surface area contributed by atoms with Crippen LogP contribution in [0.4, 0.5) is 0 Å². The van der Waals surface area contributed by atoms with Crippen molar-refractivity contribution >= 4 is 22.1 Å². The minimum atomic E-state index is -0.0299. The Morgan fingerprint density at radius 2 is 1.85 bits per heavy atom. The summed E-state index contributed by atoms with van der Waals surface area (Å²) in [6.45, 7) is 2.93. The molecule has 0 spiro atoms. The molecule has 5 rings (SSSR count). The molecule has 3 aromatic heterocycles. The van der Waals surface area contributed by atoms with Gasteiger partial charge in [0.1, 0.15) is 11.2 Å². The van der Waals surface area contributed by atoms with Crippen LogP contribution in [0.15, 0.2) is 59.8 Å². The van der Waals surface area contributed by atoms with Gasteiger partial charge in [-0.05, 0) is 24.5 Å². The molecule has 1 aliphatic heterocycles. The first kappa shape index (κ1) is 16.2. The third kappa shape index (κ3) is 2.92. The van der Waals surface area contributed by atoms with Crippen molar-refractivity contribution in [3.05, 3.63) is 70.9 Å². The molecule has 136 valence electrons. The van der Waals surface area contributed by atoms with Gasteiger partial charge in [-0.15, -0.1) is 0 Å². The van der Waals surface area contributed by atoms with Gasteiger partial charge in [0.2, 0.25) is 0 Å². The number of hydrogen-bond acceptors (Lipinski definition) is 4. The largest absolute Gasteiger partial charge is 0.346 e. The lowest BCUT2D eigenvalue weighted by Crippen LogP contribution is -2.37. The average Bonchev–Trinajstić information content (AvgIpc) is 3.19. The lowest BCUT2D eigenvalue weighted by atomic mass is 10.0. The molecule has 1 N–H and O–H groups in total. The van der Waals surface area contributed by atoms with E-state index in [1.165, 1.54) is 11.8 Å². The zero-order chi connectivity index (χ0) is 18.2. The van der Waals surface area contributed by atoms with Crippen LogP contribution in [-0.4, -0.2) is 37.5 Å². The monoisotopic (exact) mass is 359 g/mol. The van der Waals surface area contributed by atoms with E-state index >= 15 is 0 Å². The second-order valence-corrected chi connectivity index (χ2v) is 7.19. The van der Waals surface area contributed by atoms with Gasteiger partial charge in [0.05, 0.1) is 17.9 Å². The molecule has 0 bridgehead atoms. The molecule has 0 atom stereocenters. The number of aromatic nitrogens is 4. The maximum atomic E-state index is 12.7. The predicted octanol–water partition coefficient (Wildman–Crippen LogP) is 3.11. The molecule has 27 heavy (non-hydrogen) atoms. The lowest BCUT2D eigenvalue weighted by molar-refractivity contribution is 0.180. The molecule has 0 saturated carbocycles. The van der Waals surface area contributed by atoms with Gasteiger partial charge in [-0.3, -0.25) is 9.69 Å². The summed E-state index contributed by atoms with van der Waals surface area (Å²) >= 11 is 0. The van der Waals surface area contributed by atoms with Crippen molar-refractivity contribution in [2.75, 3.05) is 13.1 Å². The van der Waals surface area contributed by atoms with Crippen LogP contribution in [0.25, 0.3) is 22.1 Å². The van der Waals surface area contributed by atoms with Gasteiger partial charge < -0.3 is 9.55 Å². The molecule has 6 nitrogen and oxygen atoms in total. The Bertz CT molecular complexity index is 1140. The van der Waals surface area contributed by atoms with Crippen LogP contribution in [0.1, 0.15) is 24.4 Å². The van der Waals surface area contributed by atoms with Crippen molar-refractivity contribution in [1.29, 1.82) is 0 Å². The van der Waals surface area contributed by atoms with Gasteiger partial charge >= 0.3 is 0 Å². The first-order chi connectivity index (χ1) is 13.3. The number of benzene rings is 1. The average molecular weight is 359 g/mol. The number of piperidine rings is 1. The van der Waals surface area contributed by atoms with E-state index in [-0.39, 0.29) is 11.6 Å². The molecule has 4 aromatic rings. The number of aromatic amines is 1. The summed E-state index contributed by atoms with van der Waals surface area (Å²) in [5.74, 6) is 0. The Hall–Kier alpha value is -2.99. The zero-order valence-electron chi connectivity index (χ0n) is 15.0. The van der Waals surface area contributed by atoms with Crippen LogP contribution < -0.4 is 5.56 Å². The Labute approximate surface area is 156 Å². The van der Waals surface area contributed by atoms with Crippen molar-refractivity contribution in [3.8, 4) is 0 Å². The van der Waals surface area contributed by atoms with Crippen molar-refractivity contribution in [1.82, 2.24) is 24.4 Å². The van der Waals surface area contributed by atoms with Gasteiger partial charge in [0.15, 0.2) is 0 Å². The lowest BCUT2D eigenvalue weighted by Gasteiger charge is -2.33. The fourth-order valence-electron chi connectivity index (χ4n) is 4.17. The second kappa shape index (κ2) is 6.63. The third-order valence-corrected chi connectivity index (χ3v) is 5.50. The van der Waals surface area contributed by atoms with Crippen molar-refractivity contribution in [2.24, 2.45) is 0 Å². The van der Waals surface area contributed by atoms with E-state index in [4.69, 9.17) is 0 Å². The number of fused-ring (bicyclic) bond motifs is 3. The van der Waals surface area contributed by atoms with E-state index in [9.17, 15) is 4.79 Å². The normalized spacial score (nSPS) is 16.3. The molecule has 1 aliphatic rings. The molecule has 1 saturated heterocycles. The fraction of sp³-hybridized carbons (Fsp3) is 0.286. The topological polar surface area (TPSA) is 66.8 Å². The highest BCUT2D eigenvalue weighted by molar-refractivity contribution is 6.00. The molecule has 0 amide bonds. The van der Waals surface area contributed by atoms with E-state index in [1.54, 1.807) is 6.20 Å². The molecule has 0 aliphatic carbocycles. The van der Waals surface area contributed by atoms with Crippen LogP contribution >= 0.6 is 0 Å². The number of hydrogen-bond donors (Lipinski definition) is 1. The maximum absolute atomic E-state index is 12.7. The van der Waals surface area contributed by atoms with Crippen LogP contribution in [0, 0.1) is 0 Å². The van der Waals surface area contributed by atoms with Crippen LogP contribution in [-0.2, 0) is 6.54 Å². The minimum Gasteiger partial charge on any atom is -0.346 e. The Morgan fingerprint density at radius 3 is 2.67 bits per heavy atom. The van der Waals surface area contributed by atoms with Crippen LogP contribution in [0.2, 0.25) is 0 Å². The highest BCUT2D eigenvalue weighted by Gasteiger charge is 2.24. The summed E-state index contributed by atoms with van der Waals surface area (Å²) in [4.78, 5) is 27.0. The summed E-state index contributed by atoms with van der Waals surface area (Å²) < 4.78 is 1.94. The van der Waals surface area contributed by atoms with Gasteiger partial charge in [0, 0.05) is 37.3 Å². The van der Waals surface area contributed by atoms with Crippen molar-refractivity contribution in [2.45, 2.75) is 25.4 Å². The van der Waals surface area contributed by atoms with Crippen LogP contribution in [0.5, 0.6) is 0 Å². The molecular weight excluding hydrogens is 338 g/mol. The molecule has 0 unspecified atom stereocenters. The highest BCUT2D eigenvalue weighted by atomic mass is 16.1. The maximum Gasteiger partial charge on any atom is 0.269 e. The fourth-order valence-corrected chi connectivity index (χ4v) is 4.17. The van der Waals surface area contributed by atoms with Crippen LogP contribution in [0.3, 0.4) is 0 Å². The number of rotatable bonds is 3. The molecule has 6 heteroatoms. The minimum absolute atomic E-state index is 0.0299. The predicted molar refractivity (Wildman–Crippen MR) is 106 cm³/mol. The Balaban J connectivity index is 1.46. The number of nitrogens with one attached hydrogen (secondary N) is 1. The number of nitrogens with zero attached hydrogens (tertiary/aromatic N) is 4. The summed E-state index contributed by atoms with van der Waals surface area (Å²) in [7, 11) is 0. The number of H-pyrrole nitrogens is 1. The standard InChI is InChI=1S/C21H21N5O/c27-19-13-23-18-12-24-21-17(6-9-22-21)20(18)26(19)16-7-10-25(11-8-16)14-15-4-2-1-3-5-15/h1-6,9,12-13,16H,7-8,10-11,14H2,(H,22,24). The molecule has 1 aromatic carbocycles. The summed E-state index contributed by atoms with van der Waals surface area (Å²) in [5, 5.41) is 0.962. The van der Waals surface area contributed by atoms with Gasteiger partial charge in [-0.25, -0.2) is 9.97 Å². The van der Waals surface area contributed by atoms with E-state index in [1.807, 2.05) is 22.9 Å². The Kier molecular flexibility index (Phi) is 3.98. The van der Waals surface area contributed by atoms with E-state index in [2.05, 4.69) is 44.1 Å². The third-order valence-electron chi connectivity index (χ3n) is 5.50. The SMILES string of the molecule is O=c1cnc2cnc3[nH]ccc3c2n1C1CCN(Cc2ccccc2)CC1. The first-order valence-electron chi connectivity index (χ1n) is 9.39. The molecule has 4 heterocycles. The molecular formula is C21H21N5O. The van der Waals surface area contributed by atoms with Gasteiger partial charge in [-0.1, -0.05) is 30.3 Å². The first-order valence-corrected chi connectivity index (χ1v) is 9.39. The zero-order valence-corrected chi connectivity index (χ0v) is 15.0.